The van der Waals surface area contributed by atoms with Crippen molar-refractivity contribution < 1.29 is 14.4 Å². The van der Waals surface area contributed by atoms with Gasteiger partial charge in [0.05, 0.1) is 0 Å². The molecule has 122 valence electrons. The van der Waals surface area contributed by atoms with Crippen LogP contribution in [0.4, 0.5) is 5.69 Å². The summed E-state index contributed by atoms with van der Waals surface area (Å²) >= 11 is 1.12. The largest absolute Gasteiger partial charge is 0.326 e. The highest BCUT2D eigenvalue weighted by Crippen LogP contribution is 2.23. The molecule has 1 aromatic rings. The van der Waals surface area contributed by atoms with Gasteiger partial charge in [0.2, 0.25) is 17.7 Å². The number of aryl methyl sites for hydroxylation is 2. The fraction of sp³-hybridized carbons (Fsp3) is 0.333. The van der Waals surface area contributed by atoms with Crippen molar-refractivity contribution in [3.05, 3.63) is 29.3 Å². The molecule has 1 fully saturated rings. The van der Waals surface area contributed by atoms with Gasteiger partial charge in [0.1, 0.15) is 5.25 Å². The van der Waals surface area contributed by atoms with Crippen molar-refractivity contribution in [1.29, 1.82) is 0 Å². The Morgan fingerprint density at radius 2 is 2.09 bits per heavy atom. The summed E-state index contributed by atoms with van der Waals surface area (Å²) in [6, 6.07) is 5.73. The number of thioether (sulfide) groups is 1. The van der Waals surface area contributed by atoms with E-state index in [-0.39, 0.29) is 29.3 Å². The van der Waals surface area contributed by atoms with Gasteiger partial charge < -0.3 is 10.6 Å². The second-order valence-electron chi connectivity index (χ2n) is 5.25. The molecule has 3 amide bonds. The van der Waals surface area contributed by atoms with Crippen LogP contribution in [0.25, 0.3) is 0 Å². The van der Waals surface area contributed by atoms with E-state index in [0.717, 1.165) is 28.6 Å². The van der Waals surface area contributed by atoms with Gasteiger partial charge in [-0.25, -0.2) is 5.43 Å². The van der Waals surface area contributed by atoms with Crippen LogP contribution in [0.15, 0.2) is 23.3 Å². The molecule has 2 rings (SSSR count). The third-order valence-electron chi connectivity index (χ3n) is 3.12. The maximum atomic E-state index is 12.1. The molecule has 0 radical (unpaired) electrons. The van der Waals surface area contributed by atoms with E-state index in [2.05, 4.69) is 21.2 Å². The smallest absolute Gasteiger partial charge is 0.240 e. The lowest BCUT2D eigenvalue weighted by molar-refractivity contribution is -0.122. The summed E-state index contributed by atoms with van der Waals surface area (Å²) < 4.78 is 0. The van der Waals surface area contributed by atoms with Crippen molar-refractivity contribution in [2.75, 3.05) is 5.32 Å². The van der Waals surface area contributed by atoms with Crippen molar-refractivity contribution in [3.8, 4) is 0 Å². The first kappa shape index (κ1) is 17.0. The fourth-order valence-electron chi connectivity index (χ4n) is 2.05. The Morgan fingerprint density at radius 3 is 2.74 bits per heavy atom. The van der Waals surface area contributed by atoms with Crippen molar-refractivity contribution in [2.24, 2.45) is 5.10 Å². The van der Waals surface area contributed by atoms with E-state index in [1.54, 1.807) is 0 Å². The Kier molecular flexibility index (Phi) is 5.38. The van der Waals surface area contributed by atoms with Gasteiger partial charge in [-0.05, 0) is 25.5 Å². The number of carbonyl (C=O) groups excluding carboxylic acids is 3. The predicted molar refractivity (Wildman–Crippen MR) is 89.9 cm³/mol. The van der Waals surface area contributed by atoms with E-state index < -0.39 is 5.25 Å². The SMILES string of the molecule is CC(=O)N/N=C1\NC(=O)[C@@H](CC(=O)Nc2ccc(C)cc2C)S1. The van der Waals surface area contributed by atoms with Gasteiger partial charge in [-0.3, -0.25) is 14.4 Å². The first-order valence-corrected chi connectivity index (χ1v) is 7.92. The molecule has 0 aromatic heterocycles. The number of hydrogen-bond acceptors (Lipinski definition) is 5. The standard InChI is InChI=1S/C15H18N4O3S/c1-8-4-5-11(9(2)6-8)16-13(21)7-12-14(22)17-15(23-12)19-18-10(3)20/h4-6,12H,7H2,1-3H3,(H,16,21)(H,18,20)(H,17,19,22)/t12-/m1/s1. The molecule has 1 aliphatic rings. The molecule has 0 aliphatic carbocycles. The molecule has 0 saturated carbocycles. The summed E-state index contributed by atoms with van der Waals surface area (Å²) in [4.78, 5) is 34.7. The number of nitrogens with one attached hydrogen (secondary N) is 3. The first-order valence-electron chi connectivity index (χ1n) is 7.04. The molecule has 1 atom stereocenters. The van der Waals surface area contributed by atoms with Crippen LogP contribution in [0, 0.1) is 13.8 Å². The monoisotopic (exact) mass is 334 g/mol. The van der Waals surface area contributed by atoms with Crippen LogP contribution in [-0.2, 0) is 14.4 Å². The summed E-state index contributed by atoms with van der Waals surface area (Å²) in [5.41, 5.74) is 5.06. The number of rotatable bonds is 4. The van der Waals surface area contributed by atoms with Crippen LogP contribution in [0.5, 0.6) is 0 Å². The highest BCUT2D eigenvalue weighted by Gasteiger charge is 2.32. The molecule has 1 aromatic carbocycles. The normalized spacial score (nSPS) is 18.7. The number of nitrogens with zero attached hydrogens (tertiary/aromatic N) is 1. The molecule has 0 spiro atoms. The van der Waals surface area contributed by atoms with Gasteiger partial charge in [0, 0.05) is 19.0 Å². The summed E-state index contributed by atoms with van der Waals surface area (Å²) in [7, 11) is 0. The van der Waals surface area contributed by atoms with Crippen LogP contribution in [0.2, 0.25) is 0 Å². The van der Waals surface area contributed by atoms with Crippen molar-refractivity contribution in [3.63, 3.8) is 0 Å². The molecule has 3 N–H and O–H groups in total. The first-order chi connectivity index (χ1) is 10.8. The van der Waals surface area contributed by atoms with Crippen LogP contribution >= 0.6 is 11.8 Å². The van der Waals surface area contributed by atoms with Crippen LogP contribution in [0.1, 0.15) is 24.5 Å². The number of amidine groups is 1. The minimum atomic E-state index is -0.562. The molecule has 0 unspecified atom stereocenters. The Balaban J connectivity index is 1.94. The lowest BCUT2D eigenvalue weighted by Gasteiger charge is -2.10. The van der Waals surface area contributed by atoms with Gasteiger partial charge in [-0.2, -0.15) is 0 Å². The maximum Gasteiger partial charge on any atom is 0.240 e. The molecule has 1 aliphatic heterocycles. The molecular formula is C15H18N4O3S. The Bertz CT molecular complexity index is 687. The predicted octanol–water partition coefficient (Wildman–Crippen LogP) is 1.27. The van der Waals surface area contributed by atoms with Gasteiger partial charge >= 0.3 is 0 Å². The van der Waals surface area contributed by atoms with E-state index in [0.29, 0.717) is 0 Å². The topological polar surface area (TPSA) is 99.7 Å². The molecular weight excluding hydrogens is 316 g/mol. The van der Waals surface area contributed by atoms with Crippen LogP contribution in [0.3, 0.4) is 0 Å². The molecule has 1 heterocycles. The van der Waals surface area contributed by atoms with Gasteiger partial charge in [-0.15, -0.1) is 5.10 Å². The lowest BCUT2D eigenvalue weighted by atomic mass is 10.1. The zero-order valence-corrected chi connectivity index (χ0v) is 13.9. The van der Waals surface area contributed by atoms with Crippen molar-refractivity contribution >= 4 is 40.3 Å². The number of hydrogen-bond donors (Lipinski definition) is 3. The average molecular weight is 334 g/mol. The minimum absolute atomic E-state index is 0.0307. The van der Waals surface area contributed by atoms with Gasteiger partial charge in [-0.1, -0.05) is 29.5 Å². The fourth-order valence-corrected chi connectivity index (χ4v) is 2.97. The number of anilines is 1. The van der Waals surface area contributed by atoms with Gasteiger partial charge in [0.15, 0.2) is 5.17 Å². The van der Waals surface area contributed by atoms with Gasteiger partial charge in [0.25, 0.3) is 0 Å². The number of carbonyl (C=O) groups is 3. The zero-order valence-electron chi connectivity index (χ0n) is 13.1. The molecule has 0 bridgehead atoms. The quantitative estimate of drug-likeness (QED) is 0.722. The molecule has 1 saturated heterocycles. The van der Waals surface area contributed by atoms with E-state index in [9.17, 15) is 14.4 Å². The van der Waals surface area contributed by atoms with E-state index >= 15 is 0 Å². The van der Waals surface area contributed by atoms with E-state index in [1.165, 1.54) is 6.92 Å². The van der Waals surface area contributed by atoms with Crippen LogP contribution < -0.4 is 16.1 Å². The Hall–Kier alpha value is -2.35. The number of amides is 3. The average Bonchev–Trinajstić information content (AvgIpc) is 2.80. The second kappa shape index (κ2) is 7.28. The van der Waals surface area contributed by atoms with Crippen molar-refractivity contribution in [1.82, 2.24) is 10.7 Å². The summed E-state index contributed by atoms with van der Waals surface area (Å²) in [6.07, 6.45) is 0.0307. The highest BCUT2D eigenvalue weighted by molar-refractivity contribution is 8.15. The Morgan fingerprint density at radius 1 is 1.35 bits per heavy atom. The summed E-state index contributed by atoms with van der Waals surface area (Å²) in [6.45, 7) is 5.21. The third-order valence-corrected chi connectivity index (χ3v) is 4.20. The zero-order chi connectivity index (χ0) is 17.0. The number of benzene rings is 1. The maximum absolute atomic E-state index is 12.1. The van der Waals surface area contributed by atoms with Crippen LogP contribution in [-0.4, -0.2) is 28.1 Å². The highest BCUT2D eigenvalue weighted by atomic mass is 32.2. The third kappa shape index (κ3) is 4.82. The molecule has 23 heavy (non-hydrogen) atoms. The molecule has 8 heteroatoms. The summed E-state index contributed by atoms with van der Waals surface area (Å²) in [5.74, 6) is -0.872. The minimum Gasteiger partial charge on any atom is -0.326 e. The molecule has 7 nitrogen and oxygen atoms in total. The lowest BCUT2D eigenvalue weighted by Crippen LogP contribution is -2.29. The number of hydrazone groups is 1. The van der Waals surface area contributed by atoms with E-state index in [1.807, 2.05) is 32.0 Å². The summed E-state index contributed by atoms with van der Waals surface area (Å²) in [5, 5.41) is 8.81. The Labute approximate surface area is 138 Å². The van der Waals surface area contributed by atoms with Crippen molar-refractivity contribution in [2.45, 2.75) is 32.4 Å². The second-order valence-corrected chi connectivity index (χ2v) is 6.44. The van der Waals surface area contributed by atoms with E-state index in [4.69, 9.17) is 0 Å².